The fraction of sp³-hybridized carbons (Fsp3) is 0.240. The first kappa shape index (κ1) is 24.6. The minimum absolute atomic E-state index is 0.0717. The molecule has 0 aliphatic carbocycles. The highest BCUT2D eigenvalue weighted by Gasteiger charge is 2.31. The number of benzene rings is 2. The van der Waals surface area contributed by atoms with Crippen LogP contribution in [0, 0.1) is 0 Å². The number of halogens is 3. The molecule has 2 aromatic heterocycles. The maximum atomic E-state index is 13.3. The molecule has 35 heavy (non-hydrogen) atoms. The van der Waals surface area contributed by atoms with Gasteiger partial charge in [-0.1, -0.05) is 48.2 Å². The molecule has 2 aromatic carbocycles. The second-order valence-electron chi connectivity index (χ2n) is 7.82. The zero-order valence-corrected chi connectivity index (χ0v) is 19.6. The summed E-state index contributed by atoms with van der Waals surface area (Å²) in [5, 5.41) is 11.7. The van der Waals surface area contributed by atoms with Crippen LogP contribution in [0.4, 0.5) is 13.2 Å². The van der Waals surface area contributed by atoms with Crippen LogP contribution in [-0.2, 0) is 11.0 Å². The summed E-state index contributed by atoms with van der Waals surface area (Å²) in [6.45, 7) is 1.93. The molecule has 1 amide bonds. The number of alkyl halides is 3. The molecule has 1 unspecified atom stereocenters. The molecule has 0 aliphatic rings. The standard InChI is InChI=1S/C25H23F3N4O2S/c1-17(18-8-3-2-4-9-18)29-22(33)13-7-15-35-24-31-30-23(21-12-6-14-34-21)32(24)20-11-5-10-19(16-20)25(26,27)28/h2-6,8-12,14,16-17H,7,13,15H2,1H3,(H,29,33). The molecule has 0 saturated carbocycles. The van der Waals surface area contributed by atoms with Gasteiger partial charge in [0.05, 0.1) is 23.6 Å². The maximum absolute atomic E-state index is 13.3. The fourth-order valence-corrected chi connectivity index (χ4v) is 4.41. The van der Waals surface area contributed by atoms with E-state index in [-0.39, 0.29) is 17.6 Å². The Bertz CT molecular complexity index is 1260. The van der Waals surface area contributed by atoms with E-state index >= 15 is 0 Å². The number of carbonyl (C=O) groups is 1. The summed E-state index contributed by atoms with van der Waals surface area (Å²) in [5.41, 5.74) is 0.525. The molecule has 0 radical (unpaired) electrons. The average Bonchev–Trinajstić information content (AvgIpc) is 3.52. The third-order valence-electron chi connectivity index (χ3n) is 5.26. The number of nitrogens with zero attached hydrogens (tertiary/aromatic N) is 3. The SMILES string of the molecule is CC(NC(=O)CCCSc1nnc(-c2ccco2)n1-c1cccc(C(F)(F)F)c1)c1ccccc1. The van der Waals surface area contributed by atoms with E-state index in [1.54, 1.807) is 18.2 Å². The van der Waals surface area contributed by atoms with Gasteiger partial charge in [-0.3, -0.25) is 9.36 Å². The van der Waals surface area contributed by atoms with Gasteiger partial charge in [0.15, 0.2) is 10.9 Å². The Labute approximate surface area is 204 Å². The van der Waals surface area contributed by atoms with Gasteiger partial charge >= 0.3 is 6.18 Å². The third-order valence-corrected chi connectivity index (χ3v) is 6.28. The molecule has 0 saturated heterocycles. The van der Waals surface area contributed by atoms with E-state index in [2.05, 4.69) is 15.5 Å². The van der Waals surface area contributed by atoms with Gasteiger partial charge in [0.1, 0.15) is 0 Å². The highest BCUT2D eigenvalue weighted by atomic mass is 32.2. The summed E-state index contributed by atoms with van der Waals surface area (Å²) in [6.07, 6.45) is -2.15. The topological polar surface area (TPSA) is 73.0 Å². The van der Waals surface area contributed by atoms with Crippen LogP contribution in [-0.4, -0.2) is 26.4 Å². The third kappa shape index (κ3) is 6.13. The van der Waals surface area contributed by atoms with Gasteiger partial charge in [-0.15, -0.1) is 10.2 Å². The molecule has 0 fully saturated rings. The van der Waals surface area contributed by atoms with E-state index in [1.165, 1.54) is 28.7 Å². The van der Waals surface area contributed by atoms with E-state index < -0.39 is 11.7 Å². The predicted octanol–water partition coefficient (Wildman–Crippen LogP) is 6.30. The largest absolute Gasteiger partial charge is 0.461 e. The number of carbonyl (C=O) groups excluding carboxylic acids is 1. The van der Waals surface area contributed by atoms with Crippen LogP contribution in [0.15, 0.2) is 82.6 Å². The van der Waals surface area contributed by atoms with Crippen molar-refractivity contribution in [2.24, 2.45) is 0 Å². The van der Waals surface area contributed by atoms with Crippen LogP contribution in [0.2, 0.25) is 0 Å². The van der Waals surface area contributed by atoms with E-state index in [0.717, 1.165) is 17.7 Å². The Balaban J connectivity index is 1.44. The Morgan fingerprint density at radius 1 is 1.09 bits per heavy atom. The Hall–Kier alpha value is -3.53. The highest BCUT2D eigenvalue weighted by Crippen LogP contribution is 2.33. The van der Waals surface area contributed by atoms with Crippen LogP contribution >= 0.6 is 11.8 Å². The van der Waals surface area contributed by atoms with Crippen LogP contribution in [0.3, 0.4) is 0 Å². The van der Waals surface area contributed by atoms with Crippen molar-refractivity contribution >= 4 is 17.7 Å². The lowest BCUT2D eigenvalue weighted by Crippen LogP contribution is -2.26. The van der Waals surface area contributed by atoms with E-state index in [4.69, 9.17) is 4.42 Å². The first-order chi connectivity index (χ1) is 16.8. The fourth-order valence-electron chi connectivity index (χ4n) is 3.52. The van der Waals surface area contributed by atoms with Gasteiger partial charge < -0.3 is 9.73 Å². The molecule has 6 nitrogen and oxygen atoms in total. The monoisotopic (exact) mass is 500 g/mol. The van der Waals surface area contributed by atoms with Crippen molar-refractivity contribution in [1.82, 2.24) is 20.1 Å². The van der Waals surface area contributed by atoms with Crippen LogP contribution in [0.5, 0.6) is 0 Å². The lowest BCUT2D eigenvalue weighted by atomic mass is 10.1. The molecule has 1 N–H and O–H groups in total. The van der Waals surface area contributed by atoms with E-state index in [9.17, 15) is 18.0 Å². The summed E-state index contributed by atoms with van der Waals surface area (Å²) >= 11 is 1.32. The van der Waals surface area contributed by atoms with E-state index in [0.29, 0.717) is 35.3 Å². The highest BCUT2D eigenvalue weighted by molar-refractivity contribution is 7.99. The molecule has 4 rings (SSSR count). The molecule has 4 aromatic rings. The number of rotatable bonds is 9. The quantitative estimate of drug-likeness (QED) is 0.216. The second kappa shape index (κ2) is 10.8. The van der Waals surface area contributed by atoms with Gasteiger partial charge in [-0.25, -0.2) is 0 Å². The van der Waals surface area contributed by atoms with Gasteiger partial charge in [0.25, 0.3) is 0 Å². The van der Waals surface area contributed by atoms with Gasteiger partial charge in [0.2, 0.25) is 11.7 Å². The Kier molecular flexibility index (Phi) is 7.60. The van der Waals surface area contributed by atoms with Crippen molar-refractivity contribution in [2.75, 3.05) is 5.75 Å². The number of hydrogen-bond donors (Lipinski definition) is 1. The maximum Gasteiger partial charge on any atom is 0.416 e. The van der Waals surface area contributed by atoms with E-state index in [1.807, 2.05) is 37.3 Å². The minimum Gasteiger partial charge on any atom is -0.461 e. The van der Waals surface area contributed by atoms with Crippen molar-refractivity contribution in [2.45, 2.75) is 37.1 Å². The number of aromatic nitrogens is 3. The molecule has 0 bridgehead atoms. The molecular weight excluding hydrogens is 477 g/mol. The van der Waals surface area contributed by atoms with Crippen molar-refractivity contribution in [3.8, 4) is 17.3 Å². The smallest absolute Gasteiger partial charge is 0.416 e. The van der Waals surface area contributed by atoms with Crippen LogP contribution < -0.4 is 5.32 Å². The first-order valence-electron chi connectivity index (χ1n) is 11.0. The first-order valence-corrected chi connectivity index (χ1v) is 12.0. The molecule has 0 aliphatic heterocycles. The molecule has 10 heteroatoms. The Morgan fingerprint density at radius 2 is 1.89 bits per heavy atom. The lowest BCUT2D eigenvalue weighted by Gasteiger charge is -2.14. The normalized spacial score (nSPS) is 12.5. The number of nitrogens with one attached hydrogen (secondary N) is 1. The van der Waals surface area contributed by atoms with Crippen molar-refractivity contribution in [3.05, 3.63) is 84.1 Å². The minimum atomic E-state index is -4.48. The van der Waals surface area contributed by atoms with Crippen molar-refractivity contribution < 1.29 is 22.4 Å². The number of thioether (sulfide) groups is 1. The summed E-state index contributed by atoms with van der Waals surface area (Å²) in [7, 11) is 0. The zero-order chi connectivity index (χ0) is 24.8. The van der Waals surface area contributed by atoms with Gasteiger partial charge in [-0.05, 0) is 49.2 Å². The van der Waals surface area contributed by atoms with Crippen LogP contribution in [0.1, 0.15) is 36.9 Å². The molecule has 0 spiro atoms. The number of furan rings is 1. The molecule has 1 atom stereocenters. The zero-order valence-electron chi connectivity index (χ0n) is 18.8. The molecular formula is C25H23F3N4O2S. The average molecular weight is 501 g/mol. The second-order valence-corrected chi connectivity index (χ2v) is 8.88. The number of amides is 1. The molecule has 182 valence electrons. The summed E-state index contributed by atoms with van der Waals surface area (Å²) < 4.78 is 46.9. The Morgan fingerprint density at radius 3 is 2.60 bits per heavy atom. The molecule has 2 heterocycles. The summed E-state index contributed by atoms with van der Waals surface area (Å²) in [6, 6.07) is 17.9. The van der Waals surface area contributed by atoms with Gasteiger partial charge in [0, 0.05) is 12.2 Å². The van der Waals surface area contributed by atoms with Crippen LogP contribution in [0.25, 0.3) is 17.3 Å². The van der Waals surface area contributed by atoms with Crippen molar-refractivity contribution in [3.63, 3.8) is 0 Å². The number of hydrogen-bond acceptors (Lipinski definition) is 5. The summed E-state index contributed by atoms with van der Waals surface area (Å²) in [4.78, 5) is 12.3. The van der Waals surface area contributed by atoms with Crippen molar-refractivity contribution in [1.29, 1.82) is 0 Å². The summed E-state index contributed by atoms with van der Waals surface area (Å²) in [5.74, 6) is 1.14. The van der Waals surface area contributed by atoms with Gasteiger partial charge in [-0.2, -0.15) is 13.2 Å². The lowest BCUT2D eigenvalue weighted by molar-refractivity contribution is -0.137. The predicted molar refractivity (Wildman–Crippen MR) is 127 cm³/mol.